The van der Waals surface area contributed by atoms with E-state index in [4.69, 9.17) is 0 Å². The van der Waals surface area contributed by atoms with E-state index in [1.807, 2.05) is 25.1 Å². The van der Waals surface area contributed by atoms with Crippen LogP contribution in [0.5, 0.6) is 0 Å². The predicted molar refractivity (Wildman–Crippen MR) is 81.2 cm³/mol. The van der Waals surface area contributed by atoms with Crippen molar-refractivity contribution in [3.05, 3.63) is 69.9 Å². The number of carbonyl (C=O) groups excluding carboxylic acids is 1. The average Bonchev–Trinajstić information content (AvgIpc) is 2.41. The van der Waals surface area contributed by atoms with Crippen LogP contribution in [0.4, 0.5) is 4.39 Å². The van der Waals surface area contributed by atoms with E-state index < -0.39 is 0 Å². The molecule has 0 aliphatic carbocycles. The summed E-state index contributed by atoms with van der Waals surface area (Å²) in [5.74, 6) is -0.370. The first-order valence-corrected chi connectivity index (χ1v) is 7.15. The van der Waals surface area contributed by atoms with Crippen LogP contribution in [0.1, 0.15) is 22.8 Å². The van der Waals surface area contributed by atoms with Crippen molar-refractivity contribution in [2.75, 3.05) is 0 Å². The maximum Gasteiger partial charge on any atom is 0.252 e. The van der Waals surface area contributed by atoms with E-state index in [9.17, 15) is 9.18 Å². The smallest absolute Gasteiger partial charge is 0.252 e. The summed E-state index contributed by atoms with van der Waals surface area (Å²) >= 11 is 3.36. The molecule has 2 nitrogen and oxygen atoms in total. The number of nitrogens with one attached hydrogen (secondary N) is 1. The molecule has 2 rings (SSSR count). The van der Waals surface area contributed by atoms with Crippen LogP contribution in [0.2, 0.25) is 0 Å². The minimum atomic E-state index is -0.251. The number of halogens is 2. The quantitative estimate of drug-likeness (QED) is 0.900. The number of hydrogen-bond acceptors (Lipinski definition) is 1. The molecule has 104 valence electrons. The van der Waals surface area contributed by atoms with Crippen molar-refractivity contribution in [3.63, 3.8) is 0 Å². The van der Waals surface area contributed by atoms with Gasteiger partial charge >= 0.3 is 0 Å². The van der Waals surface area contributed by atoms with Gasteiger partial charge in [-0.15, -0.1) is 0 Å². The van der Waals surface area contributed by atoms with Gasteiger partial charge < -0.3 is 5.32 Å². The predicted octanol–water partition coefficient (Wildman–Crippen LogP) is 3.95. The highest BCUT2D eigenvalue weighted by Gasteiger charge is 2.12. The molecule has 1 unspecified atom stereocenters. The van der Waals surface area contributed by atoms with E-state index in [1.54, 1.807) is 18.2 Å². The molecule has 0 bridgehead atoms. The Bertz CT molecular complexity index is 598. The second-order valence-electron chi connectivity index (χ2n) is 4.68. The molecule has 20 heavy (non-hydrogen) atoms. The second-order valence-corrected chi connectivity index (χ2v) is 5.54. The molecule has 0 saturated carbocycles. The van der Waals surface area contributed by atoms with Crippen molar-refractivity contribution in [3.8, 4) is 0 Å². The SMILES string of the molecule is CC(Cc1ccc(F)cc1)NC(=O)c1ccccc1Br. The Morgan fingerprint density at radius 1 is 1.20 bits per heavy atom. The van der Waals surface area contributed by atoms with E-state index in [0.717, 1.165) is 10.0 Å². The largest absolute Gasteiger partial charge is 0.349 e. The summed E-state index contributed by atoms with van der Waals surface area (Å²) in [7, 11) is 0. The Morgan fingerprint density at radius 2 is 1.85 bits per heavy atom. The third-order valence-electron chi connectivity index (χ3n) is 2.95. The first-order valence-electron chi connectivity index (χ1n) is 6.36. The molecule has 0 saturated heterocycles. The number of carbonyl (C=O) groups is 1. The Morgan fingerprint density at radius 3 is 2.50 bits per heavy atom. The molecular weight excluding hydrogens is 321 g/mol. The molecule has 1 N–H and O–H groups in total. The fourth-order valence-electron chi connectivity index (χ4n) is 1.97. The third-order valence-corrected chi connectivity index (χ3v) is 3.64. The fourth-order valence-corrected chi connectivity index (χ4v) is 2.44. The minimum Gasteiger partial charge on any atom is -0.349 e. The van der Waals surface area contributed by atoms with Gasteiger partial charge in [0.25, 0.3) is 5.91 Å². The lowest BCUT2D eigenvalue weighted by molar-refractivity contribution is 0.0939. The van der Waals surface area contributed by atoms with Crippen LogP contribution in [-0.4, -0.2) is 11.9 Å². The van der Waals surface area contributed by atoms with Gasteiger partial charge in [-0.05, 0) is 59.1 Å². The van der Waals surface area contributed by atoms with Gasteiger partial charge in [-0.25, -0.2) is 4.39 Å². The van der Waals surface area contributed by atoms with E-state index in [1.165, 1.54) is 12.1 Å². The number of rotatable bonds is 4. The first-order chi connectivity index (χ1) is 9.56. The van der Waals surface area contributed by atoms with Crippen LogP contribution < -0.4 is 5.32 Å². The zero-order chi connectivity index (χ0) is 14.5. The molecule has 2 aromatic rings. The maximum absolute atomic E-state index is 12.8. The minimum absolute atomic E-state index is 0.0277. The lowest BCUT2D eigenvalue weighted by Gasteiger charge is -2.14. The first kappa shape index (κ1) is 14.7. The summed E-state index contributed by atoms with van der Waals surface area (Å²) in [6, 6.07) is 13.6. The van der Waals surface area contributed by atoms with E-state index in [-0.39, 0.29) is 17.8 Å². The average molecular weight is 336 g/mol. The van der Waals surface area contributed by atoms with Crippen molar-refractivity contribution < 1.29 is 9.18 Å². The number of hydrogen-bond donors (Lipinski definition) is 1. The molecule has 1 atom stereocenters. The molecule has 1 amide bonds. The molecule has 0 aromatic heterocycles. The van der Waals surface area contributed by atoms with Crippen LogP contribution in [0.3, 0.4) is 0 Å². The second kappa shape index (κ2) is 6.66. The topological polar surface area (TPSA) is 29.1 Å². The Labute approximate surface area is 126 Å². The number of amides is 1. The summed E-state index contributed by atoms with van der Waals surface area (Å²) in [6.07, 6.45) is 0.663. The lowest BCUT2D eigenvalue weighted by atomic mass is 10.1. The Balaban J connectivity index is 1.98. The highest BCUT2D eigenvalue weighted by Crippen LogP contribution is 2.16. The summed E-state index contributed by atoms with van der Waals surface area (Å²) in [5.41, 5.74) is 1.60. The highest BCUT2D eigenvalue weighted by molar-refractivity contribution is 9.10. The highest BCUT2D eigenvalue weighted by atomic mass is 79.9. The molecule has 0 heterocycles. The zero-order valence-electron chi connectivity index (χ0n) is 11.1. The van der Waals surface area contributed by atoms with Crippen LogP contribution in [0, 0.1) is 5.82 Å². The van der Waals surface area contributed by atoms with Gasteiger partial charge in [0.15, 0.2) is 0 Å². The van der Waals surface area contributed by atoms with Crippen molar-refractivity contribution in [2.45, 2.75) is 19.4 Å². The summed E-state index contributed by atoms with van der Waals surface area (Å²) in [5, 5.41) is 2.94. The van der Waals surface area contributed by atoms with Gasteiger partial charge in [0.2, 0.25) is 0 Å². The zero-order valence-corrected chi connectivity index (χ0v) is 12.7. The van der Waals surface area contributed by atoms with Crippen molar-refractivity contribution in [2.24, 2.45) is 0 Å². The lowest BCUT2D eigenvalue weighted by Crippen LogP contribution is -2.34. The summed E-state index contributed by atoms with van der Waals surface area (Å²) in [6.45, 7) is 1.93. The van der Waals surface area contributed by atoms with Crippen LogP contribution >= 0.6 is 15.9 Å². The molecule has 0 aliphatic rings. The normalized spacial score (nSPS) is 11.9. The molecule has 0 radical (unpaired) electrons. The van der Waals surface area contributed by atoms with Crippen molar-refractivity contribution in [1.29, 1.82) is 0 Å². The van der Waals surface area contributed by atoms with Crippen LogP contribution in [-0.2, 0) is 6.42 Å². The van der Waals surface area contributed by atoms with Gasteiger partial charge in [0, 0.05) is 10.5 Å². The fraction of sp³-hybridized carbons (Fsp3) is 0.188. The van der Waals surface area contributed by atoms with Crippen molar-refractivity contribution >= 4 is 21.8 Å². The van der Waals surface area contributed by atoms with E-state index >= 15 is 0 Å². The molecule has 0 spiro atoms. The molecule has 0 fully saturated rings. The van der Waals surface area contributed by atoms with E-state index in [0.29, 0.717) is 12.0 Å². The van der Waals surface area contributed by atoms with Gasteiger partial charge in [-0.3, -0.25) is 4.79 Å². The van der Waals surface area contributed by atoms with E-state index in [2.05, 4.69) is 21.2 Å². The van der Waals surface area contributed by atoms with Gasteiger partial charge in [0.05, 0.1) is 5.56 Å². The maximum atomic E-state index is 12.8. The summed E-state index contributed by atoms with van der Waals surface area (Å²) < 4.78 is 13.6. The molecule has 2 aromatic carbocycles. The molecule has 0 aliphatic heterocycles. The molecular formula is C16H15BrFNO. The van der Waals surface area contributed by atoms with Crippen molar-refractivity contribution in [1.82, 2.24) is 5.32 Å². The molecule has 4 heteroatoms. The van der Waals surface area contributed by atoms with Crippen LogP contribution in [0.25, 0.3) is 0 Å². The van der Waals surface area contributed by atoms with Gasteiger partial charge in [-0.1, -0.05) is 24.3 Å². The van der Waals surface area contributed by atoms with Gasteiger partial charge in [0.1, 0.15) is 5.82 Å². The standard InChI is InChI=1S/C16H15BrFNO/c1-11(10-12-6-8-13(18)9-7-12)19-16(20)14-4-2-3-5-15(14)17/h2-9,11H,10H2,1H3,(H,19,20). The third kappa shape index (κ3) is 3.90. The number of benzene rings is 2. The monoisotopic (exact) mass is 335 g/mol. The van der Waals surface area contributed by atoms with Gasteiger partial charge in [-0.2, -0.15) is 0 Å². The Kier molecular flexibility index (Phi) is 4.90. The summed E-state index contributed by atoms with van der Waals surface area (Å²) in [4.78, 5) is 12.1. The van der Waals surface area contributed by atoms with Crippen LogP contribution in [0.15, 0.2) is 53.0 Å². The Hall–Kier alpha value is -1.68.